The van der Waals surface area contributed by atoms with Crippen LogP contribution in [0.1, 0.15) is 13.8 Å². The molecular weight excluding hydrogens is 259 g/mol. The van der Waals surface area contributed by atoms with Crippen LogP contribution in [0.4, 0.5) is 18.9 Å². The standard InChI is InChI=1S/C8H12F3N3O2S/c1-6(2)17(15,16)13-7-3-12-14(4-7)5-8(9,10)11/h3-4,6,13H,5H2,1-2H3. The Balaban J connectivity index is 2.77. The average Bonchev–Trinajstić information content (AvgIpc) is 2.47. The highest BCUT2D eigenvalue weighted by atomic mass is 32.2. The van der Waals surface area contributed by atoms with Gasteiger partial charge in [-0.2, -0.15) is 18.3 Å². The van der Waals surface area contributed by atoms with Gasteiger partial charge in [0, 0.05) is 6.20 Å². The number of nitrogens with one attached hydrogen (secondary N) is 1. The van der Waals surface area contributed by atoms with Crippen molar-refractivity contribution in [3.63, 3.8) is 0 Å². The maximum absolute atomic E-state index is 12.0. The van der Waals surface area contributed by atoms with Gasteiger partial charge in [0.15, 0.2) is 0 Å². The van der Waals surface area contributed by atoms with Gasteiger partial charge in [-0.3, -0.25) is 9.40 Å². The number of halogens is 3. The Kier molecular flexibility index (Phi) is 3.70. The van der Waals surface area contributed by atoms with Crippen molar-refractivity contribution in [3.8, 4) is 0 Å². The van der Waals surface area contributed by atoms with Gasteiger partial charge in [0.25, 0.3) is 0 Å². The van der Waals surface area contributed by atoms with Crippen molar-refractivity contribution < 1.29 is 21.6 Å². The van der Waals surface area contributed by atoms with Gasteiger partial charge in [-0.15, -0.1) is 0 Å². The molecule has 0 unspecified atom stereocenters. The minimum absolute atomic E-state index is 0.0166. The molecule has 1 N–H and O–H groups in total. The van der Waals surface area contributed by atoms with Gasteiger partial charge in [0.05, 0.1) is 17.1 Å². The zero-order valence-electron chi connectivity index (χ0n) is 9.19. The normalized spacial score (nSPS) is 13.1. The third-order valence-corrected chi connectivity index (χ3v) is 3.62. The average molecular weight is 271 g/mol. The van der Waals surface area contributed by atoms with Crippen LogP contribution < -0.4 is 4.72 Å². The van der Waals surface area contributed by atoms with E-state index in [2.05, 4.69) is 9.82 Å². The molecule has 0 aliphatic rings. The van der Waals surface area contributed by atoms with E-state index in [1.54, 1.807) is 0 Å². The number of nitrogens with zero attached hydrogens (tertiary/aromatic N) is 2. The van der Waals surface area contributed by atoms with Crippen molar-refractivity contribution in [2.45, 2.75) is 31.8 Å². The number of aromatic nitrogens is 2. The van der Waals surface area contributed by atoms with Gasteiger partial charge in [0.2, 0.25) is 10.0 Å². The van der Waals surface area contributed by atoms with Crippen LogP contribution in [0.3, 0.4) is 0 Å². The topological polar surface area (TPSA) is 64.0 Å². The lowest BCUT2D eigenvalue weighted by Gasteiger charge is -2.08. The second-order valence-electron chi connectivity index (χ2n) is 3.74. The van der Waals surface area contributed by atoms with Crippen LogP contribution in [0.2, 0.25) is 0 Å². The molecule has 5 nitrogen and oxygen atoms in total. The fourth-order valence-corrected chi connectivity index (χ4v) is 1.64. The van der Waals surface area contributed by atoms with Crippen LogP contribution >= 0.6 is 0 Å². The molecule has 1 aromatic rings. The fraction of sp³-hybridized carbons (Fsp3) is 0.625. The van der Waals surface area contributed by atoms with E-state index in [1.807, 2.05) is 0 Å². The van der Waals surface area contributed by atoms with Crippen molar-refractivity contribution in [1.82, 2.24) is 9.78 Å². The molecule has 0 amide bonds. The summed E-state index contributed by atoms with van der Waals surface area (Å²) in [7, 11) is -3.57. The van der Waals surface area contributed by atoms with Gasteiger partial charge >= 0.3 is 6.18 Å². The minimum atomic E-state index is -4.39. The van der Waals surface area contributed by atoms with E-state index < -0.39 is 28.0 Å². The molecule has 0 saturated carbocycles. The maximum Gasteiger partial charge on any atom is 0.408 e. The first-order valence-corrected chi connectivity index (χ1v) is 6.25. The molecule has 9 heteroatoms. The number of sulfonamides is 1. The number of rotatable bonds is 4. The highest BCUT2D eigenvalue weighted by Crippen LogP contribution is 2.18. The summed E-state index contributed by atoms with van der Waals surface area (Å²) in [4.78, 5) is 0. The molecule has 0 saturated heterocycles. The number of hydrogen-bond donors (Lipinski definition) is 1. The first kappa shape index (κ1) is 13.8. The fourth-order valence-electron chi connectivity index (χ4n) is 0.969. The highest BCUT2D eigenvalue weighted by Gasteiger charge is 2.28. The Morgan fingerprint density at radius 3 is 2.53 bits per heavy atom. The Bertz CT molecular complexity index is 478. The van der Waals surface area contributed by atoms with Crippen LogP contribution in [0.15, 0.2) is 12.4 Å². The Labute approximate surface area is 96.7 Å². The first-order valence-electron chi connectivity index (χ1n) is 4.71. The van der Waals surface area contributed by atoms with Gasteiger partial charge < -0.3 is 0 Å². The summed E-state index contributed by atoms with van der Waals surface area (Å²) in [5, 5.41) is 2.74. The van der Waals surface area contributed by atoms with E-state index >= 15 is 0 Å². The molecule has 0 fully saturated rings. The van der Waals surface area contributed by atoms with E-state index in [1.165, 1.54) is 13.8 Å². The van der Waals surface area contributed by atoms with E-state index in [4.69, 9.17) is 0 Å². The zero-order valence-corrected chi connectivity index (χ0v) is 10.0. The Morgan fingerprint density at radius 2 is 2.06 bits per heavy atom. The van der Waals surface area contributed by atoms with Crippen LogP contribution in [-0.2, 0) is 16.6 Å². The van der Waals surface area contributed by atoms with Crippen molar-refractivity contribution in [1.29, 1.82) is 0 Å². The summed E-state index contributed by atoms with van der Waals surface area (Å²) in [5.74, 6) is 0. The molecule has 17 heavy (non-hydrogen) atoms. The molecule has 1 heterocycles. The van der Waals surface area contributed by atoms with Gasteiger partial charge in [0.1, 0.15) is 6.54 Å². The second kappa shape index (κ2) is 4.55. The first-order chi connectivity index (χ1) is 7.60. The SMILES string of the molecule is CC(C)S(=O)(=O)Nc1cnn(CC(F)(F)F)c1. The number of hydrogen-bond acceptors (Lipinski definition) is 3. The maximum atomic E-state index is 12.0. The van der Waals surface area contributed by atoms with Crippen LogP contribution in [0.25, 0.3) is 0 Å². The lowest BCUT2D eigenvalue weighted by atomic mass is 10.6. The lowest BCUT2D eigenvalue weighted by molar-refractivity contribution is -0.142. The molecule has 1 aromatic heterocycles. The number of anilines is 1. The van der Waals surface area contributed by atoms with E-state index in [-0.39, 0.29) is 5.69 Å². The predicted octanol–water partition coefficient (Wildman–Crippen LogP) is 1.60. The summed E-state index contributed by atoms with van der Waals surface area (Å²) in [5.41, 5.74) is 0.0166. The number of alkyl halides is 3. The summed E-state index contributed by atoms with van der Waals surface area (Å²) in [6.07, 6.45) is -2.36. The van der Waals surface area contributed by atoms with E-state index in [9.17, 15) is 21.6 Å². The summed E-state index contributed by atoms with van der Waals surface area (Å²) in [6, 6.07) is 0. The molecule has 0 atom stereocenters. The molecular formula is C8H12F3N3O2S. The molecule has 0 aromatic carbocycles. The van der Waals surface area contributed by atoms with Crippen LogP contribution in [0.5, 0.6) is 0 Å². The molecule has 0 spiro atoms. The zero-order chi connectivity index (χ0) is 13.3. The predicted molar refractivity (Wildman–Crippen MR) is 56.0 cm³/mol. The Hall–Kier alpha value is -1.25. The molecule has 0 aliphatic heterocycles. The van der Waals surface area contributed by atoms with Gasteiger partial charge in [-0.1, -0.05) is 0 Å². The summed E-state index contributed by atoms with van der Waals surface area (Å²) < 4.78 is 61.7. The van der Waals surface area contributed by atoms with E-state index in [0.29, 0.717) is 4.68 Å². The summed E-state index contributed by atoms with van der Waals surface area (Å²) in [6.45, 7) is 1.67. The lowest BCUT2D eigenvalue weighted by Crippen LogP contribution is -2.22. The van der Waals surface area contributed by atoms with Crippen LogP contribution in [-0.4, -0.2) is 29.6 Å². The largest absolute Gasteiger partial charge is 0.408 e. The van der Waals surface area contributed by atoms with E-state index in [0.717, 1.165) is 12.4 Å². The smallest absolute Gasteiger partial charge is 0.280 e. The molecule has 0 aliphatic carbocycles. The molecule has 98 valence electrons. The monoisotopic (exact) mass is 271 g/mol. The van der Waals surface area contributed by atoms with Crippen LogP contribution in [0, 0.1) is 0 Å². The second-order valence-corrected chi connectivity index (χ2v) is 5.97. The minimum Gasteiger partial charge on any atom is -0.280 e. The van der Waals surface area contributed by atoms with Crippen molar-refractivity contribution in [2.75, 3.05) is 4.72 Å². The molecule has 1 rings (SSSR count). The quantitative estimate of drug-likeness (QED) is 0.904. The van der Waals surface area contributed by atoms with Gasteiger partial charge in [-0.25, -0.2) is 8.42 Å². The summed E-state index contributed by atoms with van der Waals surface area (Å²) >= 11 is 0. The molecule has 0 bridgehead atoms. The highest BCUT2D eigenvalue weighted by molar-refractivity contribution is 7.93. The Morgan fingerprint density at radius 1 is 1.47 bits per heavy atom. The van der Waals surface area contributed by atoms with Crippen molar-refractivity contribution in [3.05, 3.63) is 12.4 Å². The third-order valence-electron chi connectivity index (χ3n) is 1.86. The van der Waals surface area contributed by atoms with Crippen molar-refractivity contribution in [2.24, 2.45) is 0 Å². The molecule has 0 radical (unpaired) electrons. The van der Waals surface area contributed by atoms with Gasteiger partial charge in [-0.05, 0) is 13.8 Å². The third kappa shape index (κ3) is 4.25. The van der Waals surface area contributed by atoms with Crippen molar-refractivity contribution >= 4 is 15.7 Å².